The van der Waals surface area contributed by atoms with Crippen LogP contribution in [0.2, 0.25) is 0 Å². The molecule has 1 unspecified atom stereocenters. The Kier molecular flexibility index (Phi) is 5.58. The Bertz CT molecular complexity index is 505. The molecule has 7 heteroatoms. The summed E-state index contributed by atoms with van der Waals surface area (Å²) in [6, 6.07) is 4.26. The van der Waals surface area contributed by atoms with Crippen molar-refractivity contribution in [3.05, 3.63) is 22.7 Å². The first-order chi connectivity index (χ1) is 8.40. The van der Waals surface area contributed by atoms with E-state index in [0.717, 1.165) is 0 Å². The smallest absolute Gasteiger partial charge is 0.241 e. The standard InChI is InChI=1S/C11H17BrN2O3S/c1-2-9(5-6-15)14-18(16,17)11-4-3-8(13)7-10(11)12/h3-4,7,9,14-15H,2,5-6,13H2,1H3. The highest BCUT2D eigenvalue weighted by Gasteiger charge is 2.21. The molecule has 0 aliphatic carbocycles. The van der Waals surface area contributed by atoms with Crippen molar-refractivity contribution in [2.24, 2.45) is 0 Å². The van der Waals surface area contributed by atoms with Gasteiger partial charge in [0.05, 0.1) is 4.90 Å². The highest BCUT2D eigenvalue weighted by molar-refractivity contribution is 9.10. The predicted molar refractivity (Wildman–Crippen MR) is 74.7 cm³/mol. The minimum Gasteiger partial charge on any atom is -0.399 e. The monoisotopic (exact) mass is 336 g/mol. The van der Waals surface area contributed by atoms with E-state index in [1.165, 1.54) is 12.1 Å². The molecule has 0 spiro atoms. The topological polar surface area (TPSA) is 92.4 Å². The molecule has 1 aromatic carbocycles. The van der Waals surface area contributed by atoms with Crippen LogP contribution in [0.1, 0.15) is 19.8 Å². The summed E-state index contributed by atoms with van der Waals surface area (Å²) in [5, 5.41) is 8.87. The summed E-state index contributed by atoms with van der Waals surface area (Å²) < 4.78 is 27.3. The van der Waals surface area contributed by atoms with E-state index < -0.39 is 10.0 Å². The average Bonchev–Trinajstić information content (AvgIpc) is 2.27. The van der Waals surface area contributed by atoms with Crippen molar-refractivity contribution >= 4 is 31.6 Å². The van der Waals surface area contributed by atoms with Gasteiger partial charge in [-0.1, -0.05) is 6.92 Å². The number of benzene rings is 1. The Hall–Kier alpha value is -0.630. The van der Waals surface area contributed by atoms with Gasteiger partial charge in [0, 0.05) is 22.8 Å². The SMILES string of the molecule is CCC(CCO)NS(=O)(=O)c1ccc(N)cc1Br. The van der Waals surface area contributed by atoms with Crippen LogP contribution in [0, 0.1) is 0 Å². The zero-order chi connectivity index (χ0) is 13.8. The normalized spacial score (nSPS) is 13.5. The summed E-state index contributed by atoms with van der Waals surface area (Å²) in [6.07, 6.45) is 1.01. The Morgan fingerprint density at radius 2 is 2.17 bits per heavy atom. The minimum atomic E-state index is -3.60. The minimum absolute atomic E-state index is 0.0517. The van der Waals surface area contributed by atoms with Crippen LogP contribution in [-0.4, -0.2) is 26.2 Å². The second-order valence-corrected chi connectivity index (χ2v) is 6.47. The highest BCUT2D eigenvalue weighted by atomic mass is 79.9. The van der Waals surface area contributed by atoms with Crippen molar-refractivity contribution in [1.82, 2.24) is 4.72 Å². The van der Waals surface area contributed by atoms with Gasteiger partial charge in [-0.25, -0.2) is 13.1 Å². The zero-order valence-corrected chi connectivity index (χ0v) is 12.5. The third-order valence-corrected chi connectivity index (χ3v) is 5.03. The lowest BCUT2D eigenvalue weighted by Gasteiger charge is -2.16. The van der Waals surface area contributed by atoms with Gasteiger partial charge in [0.2, 0.25) is 10.0 Å². The van der Waals surface area contributed by atoms with Crippen molar-refractivity contribution in [2.75, 3.05) is 12.3 Å². The van der Waals surface area contributed by atoms with E-state index in [0.29, 0.717) is 23.0 Å². The number of sulfonamides is 1. The van der Waals surface area contributed by atoms with Gasteiger partial charge in [0.1, 0.15) is 0 Å². The Balaban J connectivity index is 2.99. The quantitative estimate of drug-likeness (QED) is 0.686. The van der Waals surface area contributed by atoms with Crippen LogP contribution in [0.4, 0.5) is 5.69 Å². The molecule has 4 N–H and O–H groups in total. The molecule has 0 bridgehead atoms. The molecule has 0 saturated carbocycles. The number of hydrogen-bond acceptors (Lipinski definition) is 4. The van der Waals surface area contributed by atoms with Gasteiger partial charge in [-0.15, -0.1) is 0 Å². The van der Waals surface area contributed by atoms with Crippen molar-refractivity contribution in [2.45, 2.75) is 30.7 Å². The summed E-state index contributed by atoms with van der Waals surface area (Å²) in [4.78, 5) is 0.146. The lowest BCUT2D eigenvalue weighted by molar-refractivity contribution is 0.270. The second-order valence-electron chi connectivity index (χ2n) is 3.93. The molecule has 18 heavy (non-hydrogen) atoms. The molecule has 0 aliphatic heterocycles. The number of anilines is 1. The van der Waals surface area contributed by atoms with Crippen molar-refractivity contribution in [3.8, 4) is 0 Å². The molecule has 0 amide bonds. The molecule has 0 fully saturated rings. The second kappa shape index (κ2) is 6.51. The van der Waals surface area contributed by atoms with Gasteiger partial charge < -0.3 is 10.8 Å². The molecule has 102 valence electrons. The Labute approximate surface area is 116 Å². The number of hydrogen-bond donors (Lipinski definition) is 3. The molecule has 5 nitrogen and oxygen atoms in total. The maximum atomic E-state index is 12.1. The van der Waals surface area contributed by atoms with E-state index in [1.54, 1.807) is 6.07 Å². The first kappa shape index (κ1) is 15.4. The van der Waals surface area contributed by atoms with E-state index in [1.807, 2.05) is 6.92 Å². The van der Waals surface area contributed by atoms with E-state index in [2.05, 4.69) is 20.7 Å². The van der Waals surface area contributed by atoms with Gasteiger partial charge >= 0.3 is 0 Å². The lowest BCUT2D eigenvalue weighted by Crippen LogP contribution is -2.35. The fraction of sp³-hybridized carbons (Fsp3) is 0.455. The molecule has 0 aliphatic rings. The number of aliphatic hydroxyl groups is 1. The maximum absolute atomic E-state index is 12.1. The number of nitrogen functional groups attached to an aromatic ring is 1. The fourth-order valence-electron chi connectivity index (χ4n) is 1.52. The lowest BCUT2D eigenvalue weighted by atomic mass is 10.2. The number of nitrogens with two attached hydrogens (primary N) is 1. The Morgan fingerprint density at radius 3 is 2.67 bits per heavy atom. The maximum Gasteiger partial charge on any atom is 0.241 e. The average molecular weight is 337 g/mol. The summed E-state index contributed by atoms with van der Waals surface area (Å²) in [7, 11) is -3.60. The predicted octanol–water partition coefficient (Wildman–Crippen LogP) is 1.47. The molecular weight excluding hydrogens is 320 g/mol. The summed E-state index contributed by atoms with van der Waals surface area (Å²) in [6.45, 7) is 1.81. The van der Waals surface area contributed by atoms with Crippen LogP contribution < -0.4 is 10.5 Å². The van der Waals surface area contributed by atoms with Gasteiger partial charge in [-0.2, -0.15) is 0 Å². The Morgan fingerprint density at radius 1 is 1.50 bits per heavy atom. The van der Waals surface area contributed by atoms with Crippen LogP contribution in [0.25, 0.3) is 0 Å². The van der Waals surface area contributed by atoms with Crippen LogP contribution >= 0.6 is 15.9 Å². The molecule has 1 aromatic rings. The van der Waals surface area contributed by atoms with Crippen LogP contribution in [-0.2, 0) is 10.0 Å². The largest absolute Gasteiger partial charge is 0.399 e. The molecule has 0 radical (unpaired) electrons. The summed E-state index contributed by atoms with van der Waals surface area (Å²) in [5.74, 6) is 0. The van der Waals surface area contributed by atoms with Crippen LogP contribution in [0.15, 0.2) is 27.6 Å². The number of nitrogens with one attached hydrogen (secondary N) is 1. The highest BCUT2D eigenvalue weighted by Crippen LogP contribution is 2.24. The van der Waals surface area contributed by atoms with E-state index in [4.69, 9.17) is 10.8 Å². The van der Waals surface area contributed by atoms with E-state index >= 15 is 0 Å². The number of rotatable bonds is 6. The van der Waals surface area contributed by atoms with E-state index in [-0.39, 0.29) is 17.5 Å². The van der Waals surface area contributed by atoms with Crippen molar-refractivity contribution in [1.29, 1.82) is 0 Å². The fourth-order valence-corrected chi connectivity index (χ4v) is 3.97. The van der Waals surface area contributed by atoms with Crippen molar-refractivity contribution in [3.63, 3.8) is 0 Å². The van der Waals surface area contributed by atoms with Crippen LogP contribution in [0.5, 0.6) is 0 Å². The van der Waals surface area contributed by atoms with Gasteiger partial charge in [-0.3, -0.25) is 0 Å². The number of aliphatic hydroxyl groups excluding tert-OH is 1. The molecule has 0 aromatic heterocycles. The molecule has 0 heterocycles. The summed E-state index contributed by atoms with van der Waals surface area (Å²) >= 11 is 3.19. The number of halogens is 1. The molecular formula is C11H17BrN2O3S. The first-order valence-electron chi connectivity index (χ1n) is 5.59. The third-order valence-electron chi connectivity index (χ3n) is 2.54. The van der Waals surface area contributed by atoms with E-state index in [9.17, 15) is 8.42 Å². The van der Waals surface area contributed by atoms with Gasteiger partial charge in [0.15, 0.2) is 0 Å². The summed E-state index contributed by atoms with van der Waals surface area (Å²) in [5.41, 5.74) is 6.06. The van der Waals surface area contributed by atoms with Crippen LogP contribution in [0.3, 0.4) is 0 Å². The van der Waals surface area contributed by atoms with Gasteiger partial charge in [-0.05, 0) is 47.0 Å². The zero-order valence-electron chi connectivity index (χ0n) is 10.1. The molecule has 0 saturated heterocycles. The van der Waals surface area contributed by atoms with Gasteiger partial charge in [0.25, 0.3) is 0 Å². The molecule has 1 rings (SSSR count). The first-order valence-corrected chi connectivity index (χ1v) is 7.86. The van der Waals surface area contributed by atoms with Crippen molar-refractivity contribution < 1.29 is 13.5 Å². The third kappa shape index (κ3) is 3.94. The molecule has 1 atom stereocenters.